The van der Waals surface area contributed by atoms with E-state index in [1.165, 1.54) is 0 Å². The second kappa shape index (κ2) is 4.15. The Hall–Kier alpha value is -2.34. The molecule has 1 aromatic carbocycles. The molecular formula is C12H13N5O. The van der Waals surface area contributed by atoms with E-state index in [2.05, 4.69) is 15.2 Å². The number of benzene rings is 1. The van der Waals surface area contributed by atoms with Crippen LogP contribution in [0.25, 0.3) is 16.9 Å². The van der Waals surface area contributed by atoms with E-state index in [0.717, 1.165) is 5.56 Å². The van der Waals surface area contributed by atoms with Crippen LogP contribution >= 0.6 is 0 Å². The predicted molar refractivity (Wildman–Crippen MR) is 68.0 cm³/mol. The summed E-state index contributed by atoms with van der Waals surface area (Å²) in [6.45, 7) is 0.0438. The van der Waals surface area contributed by atoms with Crippen molar-refractivity contribution in [2.24, 2.45) is 0 Å². The number of hydrogen-bond acceptors (Lipinski definition) is 4. The molecule has 0 saturated carbocycles. The maximum atomic E-state index is 8.86. The number of aliphatic hydroxyl groups is 1. The van der Waals surface area contributed by atoms with E-state index in [4.69, 9.17) is 10.8 Å². The monoisotopic (exact) mass is 243 g/mol. The molecule has 92 valence electrons. The average Bonchev–Trinajstić information content (AvgIpc) is 2.91. The summed E-state index contributed by atoms with van der Waals surface area (Å²) in [4.78, 5) is 4.31. The zero-order valence-electron chi connectivity index (χ0n) is 9.67. The van der Waals surface area contributed by atoms with Crippen LogP contribution in [0.5, 0.6) is 0 Å². The van der Waals surface area contributed by atoms with E-state index in [1.807, 2.05) is 30.3 Å². The van der Waals surface area contributed by atoms with Gasteiger partial charge in [-0.1, -0.05) is 30.3 Å². The van der Waals surface area contributed by atoms with E-state index in [-0.39, 0.29) is 6.61 Å². The van der Waals surface area contributed by atoms with Gasteiger partial charge in [-0.3, -0.25) is 5.10 Å². The summed E-state index contributed by atoms with van der Waals surface area (Å²) in [6.07, 6.45) is 0.462. The lowest BCUT2D eigenvalue weighted by atomic mass is 10.1. The van der Waals surface area contributed by atoms with Gasteiger partial charge in [0.25, 0.3) is 0 Å². The molecule has 3 rings (SSSR count). The molecule has 2 heterocycles. The summed E-state index contributed by atoms with van der Waals surface area (Å²) in [6, 6.07) is 9.72. The van der Waals surface area contributed by atoms with Crippen molar-refractivity contribution in [3.8, 4) is 11.3 Å². The number of H-pyrrole nitrogens is 1. The van der Waals surface area contributed by atoms with Crippen LogP contribution in [0, 0.1) is 0 Å². The molecule has 3 aromatic rings. The highest BCUT2D eigenvalue weighted by atomic mass is 16.3. The van der Waals surface area contributed by atoms with Crippen LogP contribution in [-0.2, 0) is 6.42 Å². The first-order valence-electron chi connectivity index (χ1n) is 5.69. The summed E-state index contributed by atoms with van der Waals surface area (Å²) in [7, 11) is 0. The van der Waals surface area contributed by atoms with Crippen molar-refractivity contribution in [2.75, 3.05) is 12.3 Å². The van der Waals surface area contributed by atoms with Crippen molar-refractivity contribution in [1.29, 1.82) is 0 Å². The number of aromatic amines is 1. The second-order valence-electron chi connectivity index (χ2n) is 4.01. The number of nitrogens with two attached hydrogens (primary N) is 1. The third-order valence-electron chi connectivity index (χ3n) is 2.77. The maximum absolute atomic E-state index is 8.86. The molecule has 6 nitrogen and oxygen atoms in total. The van der Waals surface area contributed by atoms with Gasteiger partial charge in [-0.2, -0.15) is 4.63 Å². The van der Waals surface area contributed by atoms with E-state index in [1.54, 1.807) is 4.63 Å². The first kappa shape index (κ1) is 10.8. The highest BCUT2D eigenvalue weighted by Gasteiger charge is 2.14. The molecule has 0 fully saturated rings. The minimum atomic E-state index is 0.0438. The largest absolute Gasteiger partial charge is 0.396 e. The van der Waals surface area contributed by atoms with Gasteiger partial charge in [-0.15, -0.1) is 5.10 Å². The van der Waals surface area contributed by atoms with Gasteiger partial charge in [0, 0.05) is 12.0 Å². The molecule has 18 heavy (non-hydrogen) atoms. The number of nitrogens with one attached hydrogen (secondary N) is 1. The van der Waals surface area contributed by atoms with Crippen LogP contribution in [0.15, 0.2) is 30.3 Å². The number of fused-ring (bicyclic) bond motifs is 1. The van der Waals surface area contributed by atoms with Crippen LogP contribution in [-0.4, -0.2) is 31.5 Å². The Bertz CT molecular complexity index is 670. The first-order valence-corrected chi connectivity index (χ1v) is 5.69. The zero-order chi connectivity index (χ0) is 12.5. The fourth-order valence-electron chi connectivity index (χ4n) is 1.91. The Kier molecular flexibility index (Phi) is 2.49. The molecule has 6 heteroatoms. The van der Waals surface area contributed by atoms with Gasteiger partial charge in [-0.05, 0) is 0 Å². The molecule has 0 amide bonds. The molecule has 0 aliphatic carbocycles. The van der Waals surface area contributed by atoms with Crippen molar-refractivity contribution < 1.29 is 5.11 Å². The summed E-state index contributed by atoms with van der Waals surface area (Å²) in [5.74, 6) is 0.673. The highest BCUT2D eigenvalue weighted by Crippen LogP contribution is 2.26. The molecular weight excluding hydrogens is 230 g/mol. The number of nitrogens with zero attached hydrogens (tertiary/aromatic N) is 3. The van der Waals surface area contributed by atoms with Gasteiger partial charge in [-0.25, -0.2) is 4.98 Å². The lowest BCUT2D eigenvalue weighted by Gasteiger charge is -1.96. The lowest BCUT2D eigenvalue weighted by molar-refractivity contribution is 0.296. The number of nitrogen functional groups attached to an aromatic ring is 1. The smallest absolute Gasteiger partial charge is 0.199 e. The minimum absolute atomic E-state index is 0.0438. The topological polar surface area (TPSA) is 92.2 Å². The van der Waals surface area contributed by atoms with Gasteiger partial charge in [0.1, 0.15) is 17.2 Å². The molecule has 0 atom stereocenters. The number of rotatable bonds is 3. The number of aromatic nitrogens is 4. The van der Waals surface area contributed by atoms with Crippen molar-refractivity contribution in [2.45, 2.75) is 6.42 Å². The van der Waals surface area contributed by atoms with Crippen molar-refractivity contribution in [1.82, 2.24) is 19.8 Å². The number of hydrogen-bond donors (Lipinski definition) is 3. The van der Waals surface area contributed by atoms with Gasteiger partial charge < -0.3 is 10.8 Å². The summed E-state index contributed by atoms with van der Waals surface area (Å²) in [5, 5.41) is 16.2. The Morgan fingerprint density at radius 1 is 1.28 bits per heavy atom. The molecule has 0 aliphatic heterocycles. The van der Waals surface area contributed by atoms with Gasteiger partial charge in [0.05, 0.1) is 6.61 Å². The van der Waals surface area contributed by atoms with Crippen molar-refractivity contribution in [3.63, 3.8) is 0 Å². The first-order chi connectivity index (χ1) is 8.79. The van der Waals surface area contributed by atoms with E-state index in [9.17, 15) is 0 Å². The molecule has 0 unspecified atom stereocenters. The predicted octanol–water partition coefficient (Wildman–Crippen LogP) is 0.841. The second-order valence-corrected chi connectivity index (χ2v) is 4.01. The molecule has 0 spiro atoms. The van der Waals surface area contributed by atoms with E-state index >= 15 is 0 Å². The summed E-state index contributed by atoms with van der Waals surface area (Å²) >= 11 is 0. The van der Waals surface area contributed by atoms with E-state index < -0.39 is 0 Å². The minimum Gasteiger partial charge on any atom is -0.396 e. The fraction of sp³-hybridized carbons (Fsp3) is 0.167. The summed E-state index contributed by atoms with van der Waals surface area (Å²) in [5.41, 5.74) is 8.86. The van der Waals surface area contributed by atoms with Crippen molar-refractivity contribution >= 4 is 11.3 Å². The van der Waals surface area contributed by atoms with Crippen molar-refractivity contribution in [3.05, 3.63) is 36.2 Å². The molecule has 4 N–H and O–H groups in total. The van der Waals surface area contributed by atoms with Gasteiger partial charge in [0.15, 0.2) is 5.65 Å². The summed E-state index contributed by atoms with van der Waals surface area (Å²) < 4.78 is 1.54. The van der Waals surface area contributed by atoms with Gasteiger partial charge >= 0.3 is 0 Å². The Morgan fingerprint density at radius 2 is 2.06 bits per heavy atom. The SMILES string of the molecule is Nc1c(-c2ccccc2)nn2[nH]c(CCO)nc12. The van der Waals surface area contributed by atoms with Crippen LogP contribution in [0.1, 0.15) is 5.82 Å². The Balaban J connectivity index is 2.10. The number of aliphatic hydroxyl groups excluding tert-OH is 1. The average molecular weight is 243 g/mol. The Labute approximate surface area is 103 Å². The highest BCUT2D eigenvalue weighted by molar-refractivity contribution is 5.82. The third-order valence-corrected chi connectivity index (χ3v) is 2.77. The third kappa shape index (κ3) is 1.63. The van der Waals surface area contributed by atoms with Gasteiger partial charge in [0.2, 0.25) is 0 Å². The fourth-order valence-corrected chi connectivity index (χ4v) is 1.91. The zero-order valence-corrected chi connectivity index (χ0v) is 9.67. The van der Waals surface area contributed by atoms with Crippen LogP contribution in [0.3, 0.4) is 0 Å². The number of anilines is 1. The Morgan fingerprint density at radius 3 is 2.72 bits per heavy atom. The quantitative estimate of drug-likeness (QED) is 0.635. The molecule has 0 radical (unpaired) electrons. The van der Waals surface area contributed by atoms with Crippen LogP contribution < -0.4 is 5.73 Å². The van der Waals surface area contributed by atoms with E-state index in [0.29, 0.717) is 29.3 Å². The maximum Gasteiger partial charge on any atom is 0.199 e. The molecule has 0 bridgehead atoms. The normalized spacial score (nSPS) is 11.2. The molecule has 0 saturated heterocycles. The van der Waals surface area contributed by atoms with Crippen LogP contribution in [0.2, 0.25) is 0 Å². The lowest BCUT2D eigenvalue weighted by Crippen LogP contribution is -1.95. The van der Waals surface area contributed by atoms with Crippen LogP contribution in [0.4, 0.5) is 5.69 Å². The molecule has 0 aliphatic rings. The standard InChI is InChI=1S/C12H13N5O/c13-10-11(8-4-2-1-3-5-8)16-17-12(10)14-9(15-17)6-7-18/h1-5,18H,6-7,13H2,(H,14,15). The molecule has 2 aromatic heterocycles.